The van der Waals surface area contributed by atoms with Crippen LogP contribution in [-0.2, 0) is 11.3 Å². The van der Waals surface area contributed by atoms with Crippen LogP contribution in [0, 0.1) is 6.92 Å². The van der Waals surface area contributed by atoms with Crippen LogP contribution in [0.4, 0.5) is 0 Å². The number of aromatic nitrogens is 3. The predicted molar refractivity (Wildman–Crippen MR) is 133 cm³/mol. The van der Waals surface area contributed by atoms with Crippen LogP contribution < -0.4 is 9.47 Å². The molecule has 5 rings (SSSR count). The molecule has 2 heterocycles. The maximum absolute atomic E-state index is 11.9. The lowest BCUT2D eigenvalue weighted by molar-refractivity contribution is -0.0845. The Labute approximate surface area is 210 Å². The maximum Gasteiger partial charge on any atom is 0.356 e. The van der Waals surface area contributed by atoms with Crippen molar-refractivity contribution in [3.8, 4) is 11.5 Å². The summed E-state index contributed by atoms with van der Waals surface area (Å²) in [6, 6.07) is 5.55. The third kappa shape index (κ3) is 4.90. The van der Waals surface area contributed by atoms with Gasteiger partial charge in [0.1, 0.15) is 29.2 Å². The van der Waals surface area contributed by atoms with Crippen molar-refractivity contribution in [3.05, 3.63) is 46.9 Å². The number of ether oxygens (including phenoxy) is 3. The summed E-state index contributed by atoms with van der Waals surface area (Å²) in [6.07, 6.45) is 6.45. The smallest absolute Gasteiger partial charge is 0.356 e. The summed E-state index contributed by atoms with van der Waals surface area (Å²) in [4.78, 5) is 16.3. The fourth-order valence-corrected chi connectivity index (χ4v) is 5.10. The van der Waals surface area contributed by atoms with Gasteiger partial charge in [-0.1, -0.05) is 12.8 Å². The number of carbonyl (C=O) groups is 1. The molecule has 1 aromatic carbocycles. The standard InChI is InChI=1S/C27H33N3O6/c1-15-21(34-2)11-17(12-22(15)35-3)26(31)23(36-19-6-4-5-7-19)14-30-13-18-10-20(16-8-9-16)28-25(27(32)33)24(18)29-30/h10-13,16,19,23,26,31H,4-9,14H2,1-3H3,(H,32,33). The van der Waals surface area contributed by atoms with Crippen molar-refractivity contribution < 1.29 is 29.2 Å². The van der Waals surface area contributed by atoms with Gasteiger partial charge in [-0.15, -0.1) is 0 Å². The lowest BCUT2D eigenvalue weighted by atomic mass is 10.0. The molecular formula is C27H33N3O6. The van der Waals surface area contributed by atoms with Gasteiger partial charge < -0.3 is 24.4 Å². The first-order chi connectivity index (χ1) is 17.4. The molecule has 2 unspecified atom stereocenters. The number of carboxylic acid groups (broad SMARTS) is 1. The van der Waals surface area contributed by atoms with Crippen LogP contribution in [0.2, 0.25) is 0 Å². The average molecular weight is 496 g/mol. The number of fused-ring (bicyclic) bond motifs is 1. The summed E-state index contributed by atoms with van der Waals surface area (Å²) < 4.78 is 19.1. The number of hydrogen-bond acceptors (Lipinski definition) is 7. The Bertz CT molecular complexity index is 1240. The van der Waals surface area contributed by atoms with E-state index < -0.39 is 18.2 Å². The number of nitrogens with zero attached hydrogens (tertiary/aromatic N) is 3. The highest BCUT2D eigenvalue weighted by molar-refractivity contribution is 5.99. The Hall–Kier alpha value is -3.17. The fraction of sp³-hybridized carbons (Fsp3) is 0.519. The van der Waals surface area contributed by atoms with Crippen LogP contribution in [-0.4, -0.2) is 57.4 Å². The number of aromatic carboxylic acids is 1. The van der Waals surface area contributed by atoms with Crippen molar-refractivity contribution in [2.45, 2.75) is 76.2 Å². The molecule has 0 aliphatic heterocycles. The number of aliphatic hydroxyl groups is 1. The third-order valence-corrected chi connectivity index (χ3v) is 7.26. The lowest BCUT2D eigenvalue weighted by Gasteiger charge is -2.27. The van der Waals surface area contributed by atoms with Gasteiger partial charge in [-0.2, -0.15) is 5.10 Å². The topological polar surface area (TPSA) is 116 Å². The molecule has 2 N–H and O–H groups in total. The van der Waals surface area contributed by atoms with Crippen LogP contribution in [0.5, 0.6) is 11.5 Å². The minimum Gasteiger partial charge on any atom is -0.496 e. The Morgan fingerprint density at radius 3 is 2.36 bits per heavy atom. The van der Waals surface area contributed by atoms with Gasteiger partial charge in [0.15, 0.2) is 5.69 Å². The molecule has 0 amide bonds. The molecule has 192 valence electrons. The van der Waals surface area contributed by atoms with Gasteiger partial charge in [0.2, 0.25) is 0 Å². The largest absolute Gasteiger partial charge is 0.496 e. The van der Waals surface area contributed by atoms with E-state index >= 15 is 0 Å². The molecule has 0 bridgehead atoms. The van der Waals surface area contributed by atoms with Gasteiger partial charge in [0.25, 0.3) is 0 Å². The second-order valence-electron chi connectivity index (χ2n) is 9.84. The van der Waals surface area contributed by atoms with E-state index in [-0.39, 0.29) is 18.3 Å². The highest BCUT2D eigenvalue weighted by Gasteiger charge is 2.31. The van der Waals surface area contributed by atoms with E-state index in [9.17, 15) is 15.0 Å². The molecule has 2 aromatic heterocycles. The fourth-order valence-electron chi connectivity index (χ4n) is 5.10. The molecule has 2 aliphatic carbocycles. The zero-order valence-corrected chi connectivity index (χ0v) is 20.9. The summed E-state index contributed by atoms with van der Waals surface area (Å²) in [5.74, 6) is 0.475. The molecule has 0 saturated heterocycles. The first-order valence-corrected chi connectivity index (χ1v) is 12.5. The highest BCUT2D eigenvalue weighted by atomic mass is 16.5. The monoisotopic (exact) mass is 495 g/mol. The van der Waals surface area contributed by atoms with Crippen LogP contribution >= 0.6 is 0 Å². The van der Waals surface area contributed by atoms with E-state index in [1.807, 2.05) is 31.3 Å². The summed E-state index contributed by atoms with van der Waals surface area (Å²) >= 11 is 0. The van der Waals surface area contributed by atoms with E-state index in [4.69, 9.17) is 14.2 Å². The second-order valence-corrected chi connectivity index (χ2v) is 9.84. The maximum atomic E-state index is 11.9. The van der Waals surface area contributed by atoms with Crippen molar-refractivity contribution >= 4 is 16.9 Å². The minimum atomic E-state index is -1.09. The summed E-state index contributed by atoms with van der Waals surface area (Å²) in [5, 5.41) is 26.5. The number of rotatable bonds is 10. The number of aliphatic hydroxyl groups excluding tert-OH is 1. The predicted octanol–water partition coefficient (Wildman–Crippen LogP) is 4.39. The van der Waals surface area contributed by atoms with Gasteiger partial charge >= 0.3 is 5.97 Å². The zero-order valence-electron chi connectivity index (χ0n) is 20.9. The normalized spacial score (nSPS) is 17.9. The lowest BCUT2D eigenvalue weighted by Crippen LogP contribution is -2.31. The van der Waals surface area contributed by atoms with Gasteiger partial charge in [-0.05, 0) is 56.4 Å². The zero-order chi connectivity index (χ0) is 25.4. The van der Waals surface area contributed by atoms with Crippen molar-refractivity contribution in [3.63, 3.8) is 0 Å². The molecular weight excluding hydrogens is 462 g/mol. The quantitative estimate of drug-likeness (QED) is 0.425. The number of carboxylic acids is 1. The van der Waals surface area contributed by atoms with E-state index in [1.165, 1.54) is 0 Å². The van der Waals surface area contributed by atoms with Crippen LogP contribution in [0.1, 0.15) is 77.9 Å². The molecule has 2 saturated carbocycles. The molecule has 2 fully saturated rings. The first kappa shape index (κ1) is 24.5. The molecule has 2 aliphatic rings. The van der Waals surface area contributed by atoms with E-state index in [0.29, 0.717) is 28.5 Å². The molecule has 0 radical (unpaired) electrons. The van der Waals surface area contributed by atoms with Crippen molar-refractivity contribution in [2.75, 3.05) is 14.2 Å². The average Bonchev–Trinajstić information content (AvgIpc) is 3.44. The SMILES string of the molecule is COc1cc(C(O)C(Cn2cc3cc(C4CC4)nc(C(=O)O)c3n2)OC2CCCC2)cc(OC)c1C. The Kier molecular flexibility index (Phi) is 6.85. The third-order valence-electron chi connectivity index (χ3n) is 7.26. The number of methoxy groups -OCH3 is 2. The number of hydrogen-bond donors (Lipinski definition) is 2. The van der Waals surface area contributed by atoms with Crippen LogP contribution in [0.3, 0.4) is 0 Å². The Morgan fingerprint density at radius 2 is 1.78 bits per heavy atom. The summed E-state index contributed by atoms with van der Waals surface area (Å²) in [7, 11) is 3.17. The van der Waals surface area contributed by atoms with Gasteiger partial charge in [0, 0.05) is 28.8 Å². The Balaban J connectivity index is 1.49. The second kappa shape index (κ2) is 10.1. The van der Waals surface area contributed by atoms with Crippen LogP contribution in [0.25, 0.3) is 10.9 Å². The molecule has 36 heavy (non-hydrogen) atoms. The summed E-state index contributed by atoms with van der Waals surface area (Å²) in [6.45, 7) is 2.16. The molecule has 9 heteroatoms. The van der Waals surface area contributed by atoms with E-state index in [0.717, 1.165) is 55.2 Å². The Morgan fingerprint density at radius 1 is 1.11 bits per heavy atom. The van der Waals surface area contributed by atoms with Crippen LogP contribution in [0.15, 0.2) is 24.4 Å². The highest BCUT2D eigenvalue weighted by Crippen LogP contribution is 2.40. The van der Waals surface area contributed by atoms with Gasteiger partial charge in [0.05, 0.1) is 26.9 Å². The van der Waals surface area contributed by atoms with Crippen molar-refractivity contribution in [2.24, 2.45) is 0 Å². The first-order valence-electron chi connectivity index (χ1n) is 12.5. The molecule has 2 atom stereocenters. The molecule has 3 aromatic rings. The number of benzene rings is 1. The van der Waals surface area contributed by atoms with E-state index in [1.54, 1.807) is 18.9 Å². The number of pyridine rings is 1. The summed E-state index contributed by atoms with van der Waals surface area (Å²) in [5.41, 5.74) is 2.59. The van der Waals surface area contributed by atoms with Gasteiger partial charge in [-0.3, -0.25) is 4.68 Å². The molecule has 9 nitrogen and oxygen atoms in total. The van der Waals surface area contributed by atoms with Crippen molar-refractivity contribution in [1.82, 2.24) is 14.8 Å². The van der Waals surface area contributed by atoms with E-state index in [2.05, 4.69) is 10.1 Å². The molecule has 0 spiro atoms. The minimum absolute atomic E-state index is 0.0324. The van der Waals surface area contributed by atoms with Gasteiger partial charge in [-0.25, -0.2) is 9.78 Å². The van der Waals surface area contributed by atoms with Crippen molar-refractivity contribution in [1.29, 1.82) is 0 Å².